The van der Waals surface area contributed by atoms with Gasteiger partial charge in [-0.2, -0.15) is 13.2 Å². The number of rotatable bonds is 7. The van der Waals surface area contributed by atoms with Crippen LogP contribution in [0, 0.1) is 0 Å². The van der Waals surface area contributed by atoms with Crippen molar-refractivity contribution in [3.63, 3.8) is 0 Å². The number of hydrogen-bond acceptors (Lipinski definition) is 6. The third-order valence-corrected chi connectivity index (χ3v) is 5.49. The molecule has 0 bridgehead atoms. The molecule has 3 heterocycles. The molecule has 0 fully saturated rings. The van der Waals surface area contributed by atoms with Crippen molar-refractivity contribution in [1.29, 1.82) is 0 Å². The first-order valence-electron chi connectivity index (χ1n) is 8.66. The summed E-state index contributed by atoms with van der Waals surface area (Å²) in [5, 5.41) is 0. The number of imidazole rings is 1. The minimum Gasteiger partial charge on any atom is -0.490 e. The fourth-order valence-corrected chi connectivity index (χ4v) is 3.62. The third kappa shape index (κ3) is 4.77. The van der Waals surface area contributed by atoms with Crippen LogP contribution >= 0.6 is 0 Å². The molecule has 0 saturated heterocycles. The minimum atomic E-state index is -4.57. The number of aryl methyl sites for hydroxylation is 1. The molecule has 3 aromatic heterocycles. The van der Waals surface area contributed by atoms with Crippen molar-refractivity contribution in [2.24, 2.45) is 7.05 Å². The first-order chi connectivity index (χ1) is 13.8. The van der Waals surface area contributed by atoms with Gasteiger partial charge in [-0.15, -0.1) is 0 Å². The topological polar surface area (TPSA) is 111 Å². The highest BCUT2D eigenvalue weighted by atomic mass is 32.2. The van der Waals surface area contributed by atoms with Gasteiger partial charge in [-0.3, -0.25) is 4.21 Å². The smallest absolute Gasteiger partial charge is 0.433 e. The lowest BCUT2D eigenvalue weighted by molar-refractivity contribution is -0.141. The molecule has 0 spiro atoms. The standard InChI is InChI=1S/C18H19F3N4O3S.H2O/c1-4-29(26)14-7-11(28-6-5-27-3)9-23-16(14)17-24-12-8-15(18(19,20)21)22-10-13(12)25(17)2;/h7-10H,4-6H2,1-3H3;1H2. The van der Waals surface area contributed by atoms with Crippen LogP contribution in [0.2, 0.25) is 0 Å². The molecule has 0 aromatic carbocycles. The molecule has 0 aliphatic rings. The fraction of sp³-hybridized carbons (Fsp3) is 0.389. The molecule has 1 unspecified atom stereocenters. The van der Waals surface area contributed by atoms with E-state index in [1.165, 1.54) is 6.20 Å². The van der Waals surface area contributed by atoms with E-state index in [1.54, 1.807) is 31.7 Å². The molecule has 30 heavy (non-hydrogen) atoms. The van der Waals surface area contributed by atoms with E-state index in [1.807, 2.05) is 0 Å². The highest BCUT2D eigenvalue weighted by Gasteiger charge is 2.33. The zero-order chi connectivity index (χ0) is 21.2. The number of nitrogens with zero attached hydrogens (tertiary/aromatic N) is 4. The van der Waals surface area contributed by atoms with Crippen molar-refractivity contribution in [2.75, 3.05) is 26.1 Å². The number of alkyl halides is 3. The van der Waals surface area contributed by atoms with Gasteiger partial charge in [-0.25, -0.2) is 15.0 Å². The van der Waals surface area contributed by atoms with E-state index in [9.17, 15) is 17.4 Å². The van der Waals surface area contributed by atoms with Crippen LogP contribution < -0.4 is 4.74 Å². The normalized spacial score (nSPS) is 12.6. The summed E-state index contributed by atoms with van der Waals surface area (Å²) in [4.78, 5) is 12.5. The van der Waals surface area contributed by atoms with E-state index >= 15 is 0 Å². The summed E-state index contributed by atoms with van der Waals surface area (Å²) in [7, 11) is 1.80. The van der Waals surface area contributed by atoms with Crippen LogP contribution in [-0.4, -0.2) is 55.3 Å². The number of ether oxygens (including phenoxy) is 2. The molecule has 2 N–H and O–H groups in total. The minimum absolute atomic E-state index is 0. The molecular weight excluding hydrogens is 425 g/mol. The van der Waals surface area contributed by atoms with Crippen LogP contribution in [-0.2, 0) is 28.8 Å². The molecule has 0 aliphatic carbocycles. The van der Waals surface area contributed by atoms with Gasteiger partial charge in [0.2, 0.25) is 0 Å². The summed E-state index contributed by atoms with van der Waals surface area (Å²) in [6, 6.07) is 2.49. The Morgan fingerprint density at radius 1 is 1.17 bits per heavy atom. The van der Waals surface area contributed by atoms with Crippen LogP contribution in [0.15, 0.2) is 29.4 Å². The SMILES string of the molecule is CCS(=O)c1cc(OCCOC)cnc1-c1nc2cc(C(F)(F)F)ncc2n1C.O. The van der Waals surface area contributed by atoms with E-state index in [-0.39, 0.29) is 11.0 Å². The van der Waals surface area contributed by atoms with E-state index in [0.717, 1.165) is 12.3 Å². The van der Waals surface area contributed by atoms with E-state index in [4.69, 9.17) is 9.47 Å². The Hall–Kier alpha value is -2.57. The van der Waals surface area contributed by atoms with Gasteiger partial charge in [0.1, 0.15) is 23.7 Å². The molecule has 0 amide bonds. The zero-order valence-corrected chi connectivity index (χ0v) is 17.3. The molecule has 1 atom stereocenters. The van der Waals surface area contributed by atoms with Crippen LogP contribution in [0.3, 0.4) is 0 Å². The average Bonchev–Trinajstić information content (AvgIpc) is 3.02. The second-order valence-electron chi connectivity index (χ2n) is 6.04. The number of hydrogen-bond donors (Lipinski definition) is 0. The monoisotopic (exact) mass is 446 g/mol. The highest BCUT2D eigenvalue weighted by molar-refractivity contribution is 7.85. The van der Waals surface area contributed by atoms with Crippen molar-refractivity contribution in [3.8, 4) is 17.3 Å². The fourth-order valence-electron chi connectivity index (χ4n) is 2.70. The van der Waals surface area contributed by atoms with Crippen LogP contribution in [0.25, 0.3) is 22.6 Å². The molecule has 12 heteroatoms. The summed E-state index contributed by atoms with van der Waals surface area (Å²) in [5.74, 6) is 1.05. The van der Waals surface area contributed by atoms with Crippen LogP contribution in [0.5, 0.6) is 5.75 Å². The Balaban J connectivity index is 0.00000320. The predicted octanol–water partition coefficient (Wildman–Crippen LogP) is 2.38. The summed E-state index contributed by atoms with van der Waals surface area (Å²) < 4.78 is 63.5. The van der Waals surface area contributed by atoms with Crippen molar-refractivity contribution in [3.05, 3.63) is 30.2 Å². The third-order valence-electron chi connectivity index (χ3n) is 4.16. The van der Waals surface area contributed by atoms with Gasteiger partial charge in [-0.1, -0.05) is 6.92 Å². The van der Waals surface area contributed by atoms with Gasteiger partial charge < -0.3 is 19.5 Å². The molecule has 3 aromatic rings. The number of methoxy groups -OCH3 is 1. The first-order valence-corrected chi connectivity index (χ1v) is 9.98. The van der Waals surface area contributed by atoms with Gasteiger partial charge in [0.05, 0.1) is 45.7 Å². The number of pyridine rings is 2. The second kappa shape index (κ2) is 9.49. The Bertz CT molecular complexity index is 1060. The Morgan fingerprint density at radius 2 is 1.90 bits per heavy atom. The van der Waals surface area contributed by atoms with Crippen molar-refractivity contribution < 1.29 is 32.3 Å². The Labute approximate surface area is 172 Å². The Kier molecular flexibility index (Phi) is 7.50. The van der Waals surface area contributed by atoms with Gasteiger partial charge >= 0.3 is 6.18 Å². The van der Waals surface area contributed by atoms with Crippen molar-refractivity contribution in [1.82, 2.24) is 19.5 Å². The van der Waals surface area contributed by atoms with Gasteiger partial charge in [0.15, 0.2) is 5.82 Å². The maximum Gasteiger partial charge on any atom is 0.433 e. The number of aromatic nitrogens is 4. The number of fused-ring (bicyclic) bond motifs is 1. The van der Waals surface area contributed by atoms with E-state index in [2.05, 4.69) is 15.0 Å². The largest absolute Gasteiger partial charge is 0.490 e. The maximum atomic E-state index is 13.0. The van der Waals surface area contributed by atoms with Gasteiger partial charge in [0.25, 0.3) is 0 Å². The summed E-state index contributed by atoms with van der Waals surface area (Å²) >= 11 is 0. The van der Waals surface area contributed by atoms with E-state index < -0.39 is 22.7 Å². The van der Waals surface area contributed by atoms with Crippen molar-refractivity contribution in [2.45, 2.75) is 18.0 Å². The summed E-state index contributed by atoms with van der Waals surface area (Å²) in [6.07, 6.45) is -1.99. The first kappa shape index (κ1) is 23.7. The Morgan fingerprint density at radius 3 is 2.53 bits per heavy atom. The molecule has 0 radical (unpaired) electrons. The molecule has 0 aliphatic heterocycles. The van der Waals surface area contributed by atoms with Crippen LogP contribution in [0.4, 0.5) is 13.2 Å². The summed E-state index contributed by atoms with van der Waals surface area (Å²) in [5.41, 5.74) is -0.179. The highest BCUT2D eigenvalue weighted by Crippen LogP contribution is 2.32. The quantitative estimate of drug-likeness (QED) is 0.515. The summed E-state index contributed by atoms with van der Waals surface area (Å²) in [6.45, 7) is 2.44. The average molecular weight is 446 g/mol. The van der Waals surface area contributed by atoms with Gasteiger partial charge in [0, 0.05) is 26.0 Å². The van der Waals surface area contributed by atoms with Crippen molar-refractivity contribution >= 4 is 21.8 Å². The molecule has 3 rings (SSSR count). The van der Waals surface area contributed by atoms with E-state index in [0.29, 0.717) is 46.6 Å². The number of halogens is 3. The maximum absolute atomic E-state index is 13.0. The molecule has 164 valence electrons. The second-order valence-corrected chi connectivity index (χ2v) is 7.75. The molecular formula is C18H21F3N4O4S. The van der Waals surface area contributed by atoms with Gasteiger partial charge in [-0.05, 0) is 6.07 Å². The predicted molar refractivity (Wildman–Crippen MR) is 105 cm³/mol. The molecule has 0 saturated carbocycles. The lowest BCUT2D eigenvalue weighted by atomic mass is 10.3. The lowest BCUT2D eigenvalue weighted by Crippen LogP contribution is -2.07. The van der Waals surface area contributed by atoms with Crippen LogP contribution in [0.1, 0.15) is 12.6 Å². The zero-order valence-electron chi connectivity index (χ0n) is 16.5. The molecule has 8 nitrogen and oxygen atoms in total. The lowest BCUT2D eigenvalue weighted by Gasteiger charge is -2.11.